The van der Waals surface area contributed by atoms with Crippen molar-refractivity contribution in [2.45, 2.75) is 26.8 Å². The van der Waals surface area contributed by atoms with Crippen molar-refractivity contribution in [3.8, 4) is 5.69 Å². The molecule has 7 heteroatoms. The molecular weight excluding hydrogens is 325 g/mol. The summed E-state index contributed by atoms with van der Waals surface area (Å²) < 4.78 is 15.8. The highest BCUT2D eigenvalue weighted by molar-refractivity contribution is 5.92. The molecular formula is C18H20FN3O3. The van der Waals surface area contributed by atoms with Gasteiger partial charge in [-0.1, -0.05) is 19.9 Å². The van der Waals surface area contributed by atoms with Crippen molar-refractivity contribution in [2.24, 2.45) is 17.3 Å². The number of carbonyl (C=O) groups excluding carboxylic acids is 1. The molecule has 6 nitrogen and oxygen atoms in total. The number of carbonyl (C=O) groups is 2. The average molecular weight is 345 g/mol. The molecule has 1 aromatic carbocycles. The van der Waals surface area contributed by atoms with E-state index in [0.717, 1.165) is 0 Å². The van der Waals surface area contributed by atoms with Gasteiger partial charge >= 0.3 is 5.97 Å². The maximum atomic E-state index is 14.2. The number of aromatic nitrogens is 2. The molecule has 1 saturated carbocycles. The maximum absolute atomic E-state index is 14.2. The van der Waals surface area contributed by atoms with Crippen LogP contribution in [0.15, 0.2) is 36.7 Å². The quantitative estimate of drug-likeness (QED) is 0.842. The van der Waals surface area contributed by atoms with Crippen molar-refractivity contribution in [2.75, 3.05) is 0 Å². The summed E-state index contributed by atoms with van der Waals surface area (Å²) in [6.07, 6.45) is 3.59. The van der Waals surface area contributed by atoms with E-state index in [2.05, 4.69) is 10.4 Å². The van der Waals surface area contributed by atoms with E-state index in [1.165, 1.54) is 10.7 Å². The Bertz CT molecular complexity index is 804. The number of rotatable bonds is 6. The summed E-state index contributed by atoms with van der Waals surface area (Å²) in [5.41, 5.74) is -0.162. The lowest BCUT2D eigenvalue weighted by atomic mass is 9.89. The van der Waals surface area contributed by atoms with Crippen molar-refractivity contribution in [1.29, 1.82) is 0 Å². The van der Waals surface area contributed by atoms with E-state index in [4.69, 9.17) is 0 Å². The van der Waals surface area contributed by atoms with E-state index in [0.29, 0.717) is 17.7 Å². The number of hydrogen-bond donors (Lipinski definition) is 2. The van der Waals surface area contributed by atoms with Crippen LogP contribution in [0.5, 0.6) is 0 Å². The molecule has 132 valence electrons. The number of halogens is 1. The minimum atomic E-state index is -1.01. The number of aliphatic carboxylic acids is 1. The lowest BCUT2D eigenvalue weighted by Crippen LogP contribution is -2.32. The summed E-state index contributed by atoms with van der Waals surface area (Å²) in [7, 11) is 0. The average Bonchev–Trinajstić information content (AvgIpc) is 3.12. The molecule has 25 heavy (non-hydrogen) atoms. The number of nitrogens with one attached hydrogen (secondary N) is 1. The number of carboxylic acid groups (broad SMARTS) is 1. The summed E-state index contributed by atoms with van der Waals surface area (Å²) in [6.45, 7) is 3.58. The third kappa shape index (κ3) is 2.90. The Balaban J connectivity index is 1.75. The highest BCUT2D eigenvalue weighted by atomic mass is 19.1. The van der Waals surface area contributed by atoms with Gasteiger partial charge in [0.2, 0.25) is 5.91 Å². The van der Waals surface area contributed by atoms with Crippen molar-refractivity contribution in [3.05, 3.63) is 48.0 Å². The number of carboxylic acids is 1. The van der Waals surface area contributed by atoms with Crippen LogP contribution in [-0.4, -0.2) is 26.8 Å². The second-order valence-electron chi connectivity index (χ2n) is 6.66. The van der Waals surface area contributed by atoms with Crippen molar-refractivity contribution >= 4 is 11.9 Å². The predicted octanol–water partition coefficient (Wildman–Crippen LogP) is 2.37. The standard InChI is InChI=1S/C18H20FN3O3/c1-11(2)18(17(24)25)9-13(18)16(23)20-10-12-14(19)5-3-6-15(12)22-8-4-7-21-22/h3-8,11,13H,9-10H2,1-2H3,(H,20,23)(H,24,25). The van der Waals surface area contributed by atoms with E-state index in [1.54, 1.807) is 44.4 Å². The van der Waals surface area contributed by atoms with Gasteiger partial charge in [-0.25, -0.2) is 9.07 Å². The lowest BCUT2D eigenvalue weighted by molar-refractivity contribution is -0.147. The van der Waals surface area contributed by atoms with Crippen LogP contribution in [0.1, 0.15) is 25.8 Å². The van der Waals surface area contributed by atoms with E-state index in [-0.39, 0.29) is 18.4 Å². The monoisotopic (exact) mass is 345 g/mol. The van der Waals surface area contributed by atoms with E-state index >= 15 is 0 Å². The molecule has 0 spiro atoms. The molecule has 2 unspecified atom stereocenters. The zero-order valence-electron chi connectivity index (χ0n) is 14.1. The Hall–Kier alpha value is -2.70. The van der Waals surface area contributed by atoms with E-state index in [1.807, 2.05) is 0 Å². The smallest absolute Gasteiger partial charge is 0.310 e. The highest BCUT2D eigenvalue weighted by Gasteiger charge is 2.65. The molecule has 1 aliphatic rings. The summed E-state index contributed by atoms with van der Waals surface area (Å²) in [4.78, 5) is 23.9. The Morgan fingerprint density at radius 1 is 1.44 bits per heavy atom. The van der Waals surface area contributed by atoms with Crippen LogP contribution in [0.2, 0.25) is 0 Å². The van der Waals surface area contributed by atoms with Gasteiger partial charge in [0.05, 0.1) is 17.0 Å². The molecule has 3 rings (SSSR count). The first-order chi connectivity index (χ1) is 11.9. The first-order valence-corrected chi connectivity index (χ1v) is 8.16. The fourth-order valence-electron chi connectivity index (χ4n) is 3.37. The summed E-state index contributed by atoms with van der Waals surface area (Å²) in [5.74, 6) is -2.48. The maximum Gasteiger partial charge on any atom is 0.310 e. The van der Waals surface area contributed by atoms with Gasteiger partial charge in [-0.05, 0) is 30.5 Å². The molecule has 2 N–H and O–H groups in total. The van der Waals surface area contributed by atoms with Gasteiger partial charge in [0.1, 0.15) is 5.82 Å². The van der Waals surface area contributed by atoms with E-state index < -0.39 is 23.1 Å². The van der Waals surface area contributed by atoms with Crippen molar-refractivity contribution < 1.29 is 19.1 Å². The van der Waals surface area contributed by atoms with Gasteiger partial charge in [-0.3, -0.25) is 9.59 Å². The fourth-order valence-corrected chi connectivity index (χ4v) is 3.37. The first-order valence-electron chi connectivity index (χ1n) is 8.16. The molecule has 1 aliphatic carbocycles. The second-order valence-corrected chi connectivity index (χ2v) is 6.66. The number of amides is 1. The molecule has 1 heterocycles. The van der Waals surface area contributed by atoms with E-state index in [9.17, 15) is 19.1 Å². The lowest BCUT2D eigenvalue weighted by Gasteiger charge is -2.17. The van der Waals surface area contributed by atoms with Crippen LogP contribution in [0.25, 0.3) is 5.69 Å². The summed E-state index contributed by atoms with van der Waals surface area (Å²) in [6, 6.07) is 6.33. The topological polar surface area (TPSA) is 84.2 Å². The van der Waals surface area contributed by atoms with Gasteiger partial charge in [0.15, 0.2) is 0 Å². The van der Waals surface area contributed by atoms with Crippen LogP contribution in [0.3, 0.4) is 0 Å². The normalized spacial score (nSPS) is 22.0. The van der Waals surface area contributed by atoms with Crippen LogP contribution in [0, 0.1) is 23.1 Å². The minimum Gasteiger partial charge on any atom is -0.481 e. The fraction of sp³-hybridized carbons (Fsp3) is 0.389. The SMILES string of the molecule is CC(C)C1(C(=O)O)CC1C(=O)NCc1c(F)cccc1-n1cccn1. The largest absolute Gasteiger partial charge is 0.481 e. The van der Waals surface area contributed by atoms with Crippen LogP contribution < -0.4 is 5.32 Å². The molecule has 2 aromatic rings. The highest BCUT2D eigenvalue weighted by Crippen LogP contribution is 2.58. The van der Waals surface area contributed by atoms with Gasteiger partial charge in [-0.2, -0.15) is 5.10 Å². The first kappa shape index (κ1) is 17.1. The van der Waals surface area contributed by atoms with Crippen molar-refractivity contribution in [3.63, 3.8) is 0 Å². The number of hydrogen-bond acceptors (Lipinski definition) is 3. The minimum absolute atomic E-state index is 0.0228. The molecule has 1 fully saturated rings. The summed E-state index contributed by atoms with van der Waals surface area (Å²) >= 11 is 0. The second kappa shape index (κ2) is 6.31. The van der Waals surface area contributed by atoms with Gasteiger partial charge in [-0.15, -0.1) is 0 Å². The van der Waals surface area contributed by atoms with Crippen LogP contribution >= 0.6 is 0 Å². The Morgan fingerprint density at radius 3 is 2.76 bits per heavy atom. The molecule has 0 radical (unpaired) electrons. The molecule has 0 saturated heterocycles. The Kier molecular flexibility index (Phi) is 4.32. The van der Waals surface area contributed by atoms with Crippen molar-refractivity contribution in [1.82, 2.24) is 15.1 Å². The third-order valence-corrected chi connectivity index (χ3v) is 5.03. The molecule has 0 bridgehead atoms. The number of nitrogens with zero attached hydrogens (tertiary/aromatic N) is 2. The third-order valence-electron chi connectivity index (χ3n) is 5.03. The Morgan fingerprint density at radius 2 is 2.20 bits per heavy atom. The number of benzene rings is 1. The summed E-state index contributed by atoms with van der Waals surface area (Å²) in [5, 5.41) is 16.2. The van der Waals surface area contributed by atoms with Crippen LogP contribution in [0.4, 0.5) is 4.39 Å². The van der Waals surface area contributed by atoms with Gasteiger partial charge in [0.25, 0.3) is 0 Å². The molecule has 2 atom stereocenters. The molecule has 1 aromatic heterocycles. The zero-order chi connectivity index (χ0) is 18.2. The molecule has 0 aliphatic heterocycles. The predicted molar refractivity (Wildman–Crippen MR) is 88.4 cm³/mol. The van der Waals surface area contributed by atoms with Gasteiger partial charge in [0, 0.05) is 24.5 Å². The molecule has 1 amide bonds. The van der Waals surface area contributed by atoms with Gasteiger partial charge < -0.3 is 10.4 Å². The Labute approximate surface area is 144 Å². The zero-order valence-corrected chi connectivity index (χ0v) is 14.1. The van der Waals surface area contributed by atoms with Crippen LogP contribution in [-0.2, 0) is 16.1 Å².